The summed E-state index contributed by atoms with van der Waals surface area (Å²) in [4.78, 5) is 16.3. The van der Waals surface area contributed by atoms with Gasteiger partial charge < -0.3 is 15.1 Å². The van der Waals surface area contributed by atoms with Gasteiger partial charge in [-0.15, -0.1) is 0 Å². The summed E-state index contributed by atoms with van der Waals surface area (Å²) in [6, 6.07) is 0.887. The molecule has 15 heavy (non-hydrogen) atoms. The van der Waals surface area contributed by atoms with E-state index in [1.54, 1.807) is 0 Å². The molecule has 0 bridgehead atoms. The fourth-order valence-corrected chi connectivity index (χ4v) is 2.58. The van der Waals surface area contributed by atoms with Crippen molar-refractivity contribution in [2.75, 3.05) is 26.2 Å². The van der Waals surface area contributed by atoms with Gasteiger partial charge in [-0.2, -0.15) is 0 Å². The van der Waals surface area contributed by atoms with E-state index in [2.05, 4.69) is 19.2 Å². The number of nitrogens with zero attached hydrogens (tertiary/aromatic N) is 2. The summed E-state index contributed by atoms with van der Waals surface area (Å²) >= 11 is 0. The molecule has 0 aromatic rings. The Labute approximate surface area is 91.6 Å². The number of hydrogen-bond donors (Lipinski definition) is 1. The fraction of sp³-hybridized carbons (Fsp3) is 0.909. The highest BCUT2D eigenvalue weighted by Gasteiger charge is 2.32. The molecule has 4 heteroatoms. The minimum atomic E-state index is 0.244. The number of nitrogens with one attached hydrogen (secondary N) is 1. The largest absolute Gasteiger partial charge is 0.325 e. The van der Waals surface area contributed by atoms with Crippen LogP contribution in [0.5, 0.6) is 0 Å². The monoisotopic (exact) mass is 211 g/mol. The summed E-state index contributed by atoms with van der Waals surface area (Å²) in [5.41, 5.74) is 0. The molecule has 0 aliphatic carbocycles. The van der Waals surface area contributed by atoms with E-state index >= 15 is 0 Å². The van der Waals surface area contributed by atoms with Gasteiger partial charge in [0.1, 0.15) is 0 Å². The molecule has 2 aliphatic heterocycles. The van der Waals surface area contributed by atoms with E-state index in [1.807, 2.05) is 9.80 Å². The molecule has 0 radical (unpaired) electrons. The van der Waals surface area contributed by atoms with Crippen molar-refractivity contribution < 1.29 is 4.79 Å². The topological polar surface area (TPSA) is 35.6 Å². The minimum absolute atomic E-state index is 0.244. The molecule has 0 spiro atoms. The maximum absolute atomic E-state index is 12.2. The lowest BCUT2D eigenvalue weighted by Crippen LogP contribution is -2.60. The van der Waals surface area contributed by atoms with Gasteiger partial charge in [0.05, 0.1) is 0 Å². The summed E-state index contributed by atoms with van der Waals surface area (Å²) in [6.07, 6.45) is 2.33. The van der Waals surface area contributed by atoms with Crippen LogP contribution in [0.3, 0.4) is 0 Å². The maximum Gasteiger partial charge on any atom is 0.320 e. The fourth-order valence-electron chi connectivity index (χ4n) is 2.58. The molecular formula is C11H21N3O. The lowest BCUT2D eigenvalue weighted by Gasteiger charge is -2.41. The van der Waals surface area contributed by atoms with Crippen LogP contribution in [0.4, 0.5) is 4.79 Å². The molecule has 2 saturated heterocycles. The van der Waals surface area contributed by atoms with E-state index in [9.17, 15) is 4.79 Å². The number of carbonyl (C=O) groups excluding carboxylic acids is 1. The maximum atomic E-state index is 12.2. The van der Waals surface area contributed by atoms with Crippen molar-refractivity contribution in [3.05, 3.63) is 0 Å². The Morgan fingerprint density at radius 1 is 1.13 bits per heavy atom. The number of urea groups is 1. The third-order valence-electron chi connectivity index (χ3n) is 3.43. The van der Waals surface area contributed by atoms with E-state index < -0.39 is 0 Å². The van der Waals surface area contributed by atoms with Gasteiger partial charge in [0.15, 0.2) is 0 Å². The highest BCUT2D eigenvalue weighted by Crippen LogP contribution is 2.16. The highest BCUT2D eigenvalue weighted by atomic mass is 16.2. The summed E-state index contributed by atoms with van der Waals surface area (Å²) in [7, 11) is 0. The van der Waals surface area contributed by atoms with Crippen LogP contribution < -0.4 is 5.32 Å². The molecule has 0 aromatic carbocycles. The summed E-state index contributed by atoms with van der Waals surface area (Å²) in [6.45, 7) is 7.98. The average molecular weight is 211 g/mol. The van der Waals surface area contributed by atoms with Gasteiger partial charge in [0, 0.05) is 38.3 Å². The first-order chi connectivity index (χ1) is 7.20. The molecular weight excluding hydrogens is 190 g/mol. The highest BCUT2D eigenvalue weighted by molar-refractivity contribution is 5.75. The van der Waals surface area contributed by atoms with E-state index in [0.717, 1.165) is 26.2 Å². The Balaban J connectivity index is 2.02. The molecule has 2 rings (SSSR count). The van der Waals surface area contributed by atoms with E-state index in [0.29, 0.717) is 12.1 Å². The molecule has 2 atom stereocenters. The second kappa shape index (κ2) is 4.39. The molecule has 2 fully saturated rings. The van der Waals surface area contributed by atoms with Crippen LogP contribution in [0.25, 0.3) is 0 Å². The third-order valence-corrected chi connectivity index (χ3v) is 3.43. The second-order valence-electron chi connectivity index (χ2n) is 4.74. The number of likely N-dealkylation sites (tertiary alicyclic amines) is 1. The van der Waals surface area contributed by atoms with Crippen molar-refractivity contribution in [1.82, 2.24) is 15.1 Å². The van der Waals surface area contributed by atoms with Crippen LogP contribution in [0.1, 0.15) is 26.7 Å². The average Bonchev–Trinajstić information content (AvgIpc) is 2.69. The first-order valence-corrected chi connectivity index (χ1v) is 5.98. The van der Waals surface area contributed by atoms with Gasteiger partial charge in [-0.25, -0.2) is 4.79 Å². The van der Waals surface area contributed by atoms with Crippen molar-refractivity contribution in [1.29, 1.82) is 0 Å². The predicted octanol–water partition coefficient (Wildman–Crippen LogP) is 0.884. The normalized spacial score (nSPS) is 32.1. The SMILES string of the molecule is CC1CNCC(C)N1C(=O)N1CCCC1. The molecule has 2 amide bonds. The molecule has 4 nitrogen and oxygen atoms in total. The Morgan fingerprint density at radius 2 is 1.67 bits per heavy atom. The van der Waals surface area contributed by atoms with E-state index in [4.69, 9.17) is 0 Å². The van der Waals surface area contributed by atoms with Crippen LogP contribution in [0.15, 0.2) is 0 Å². The van der Waals surface area contributed by atoms with Crippen molar-refractivity contribution in [2.45, 2.75) is 38.8 Å². The van der Waals surface area contributed by atoms with Crippen molar-refractivity contribution in [2.24, 2.45) is 0 Å². The molecule has 0 aromatic heterocycles. The van der Waals surface area contributed by atoms with Gasteiger partial charge in [-0.3, -0.25) is 0 Å². The summed E-state index contributed by atoms with van der Waals surface area (Å²) in [5, 5.41) is 3.35. The van der Waals surface area contributed by atoms with Crippen LogP contribution in [0.2, 0.25) is 0 Å². The molecule has 2 unspecified atom stereocenters. The van der Waals surface area contributed by atoms with Gasteiger partial charge in [-0.05, 0) is 26.7 Å². The van der Waals surface area contributed by atoms with Crippen molar-refractivity contribution in [3.8, 4) is 0 Å². The van der Waals surface area contributed by atoms with Crippen molar-refractivity contribution >= 4 is 6.03 Å². The zero-order valence-electron chi connectivity index (χ0n) is 9.70. The number of amides is 2. The van der Waals surface area contributed by atoms with Crippen LogP contribution in [-0.2, 0) is 0 Å². The first kappa shape index (κ1) is 10.7. The number of rotatable bonds is 0. The van der Waals surface area contributed by atoms with Crippen LogP contribution in [-0.4, -0.2) is 54.1 Å². The standard InChI is InChI=1S/C11H21N3O/c1-9-7-12-8-10(2)14(9)11(15)13-5-3-4-6-13/h9-10,12H,3-8H2,1-2H3. The molecule has 1 N–H and O–H groups in total. The quantitative estimate of drug-likeness (QED) is 0.646. The van der Waals surface area contributed by atoms with Gasteiger partial charge >= 0.3 is 6.03 Å². The van der Waals surface area contributed by atoms with E-state index in [1.165, 1.54) is 12.8 Å². The van der Waals surface area contributed by atoms with Gasteiger partial charge in [0.25, 0.3) is 0 Å². The number of piperazine rings is 1. The molecule has 0 saturated carbocycles. The summed E-state index contributed by atoms with van der Waals surface area (Å²) in [5.74, 6) is 0. The summed E-state index contributed by atoms with van der Waals surface area (Å²) < 4.78 is 0. The smallest absolute Gasteiger partial charge is 0.320 e. The predicted molar refractivity (Wildman–Crippen MR) is 59.8 cm³/mol. The van der Waals surface area contributed by atoms with E-state index in [-0.39, 0.29) is 6.03 Å². The van der Waals surface area contributed by atoms with Gasteiger partial charge in [-0.1, -0.05) is 0 Å². The van der Waals surface area contributed by atoms with Gasteiger partial charge in [0.2, 0.25) is 0 Å². The number of carbonyl (C=O) groups is 1. The molecule has 2 heterocycles. The Hall–Kier alpha value is -0.770. The molecule has 86 valence electrons. The zero-order chi connectivity index (χ0) is 10.8. The Kier molecular flexibility index (Phi) is 3.14. The lowest BCUT2D eigenvalue weighted by molar-refractivity contribution is 0.106. The van der Waals surface area contributed by atoms with Crippen LogP contribution >= 0.6 is 0 Å². The third kappa shape index (κ3) is 2.09. The second-order valence-corrected chi connectivity index (χ2v) is 4.74. The zero-order valence-corrected chi connectivity index (χ0v) is 9.70. The number of hydrogen-bond acceptors (Lipinski definition) is 2. The van der Waals surface area contributed by atoms with Crippen LogP contribution in [0, 0.1) is 0 Å². The molecule has 2 aliphatic rings. The minimum Gasteiger partial charge on any atom is -0.325 e. The first-order valence-electron chi connectivity index (χ1n) is 5.98. The Bertz CT molecular complexity index is 228. The Morgan fingerprint density at radius 3 is 2.20 bits per heavy atom. The van der Waals surface area contributed by atoms with Crippen molar-refractivity contribution in [3.63, 3.8) is 0 Å². The lowest BCUT2D eigenvalue weighted by atomic mass is 10.1.